The maximum absolute atomic E-state index is 10.4. The van der Waals surface area contributed by atoms with Gasteiger partial charge in [-0.15, -0.1) is 0 Å². The lowest BCUT2D eigenvalue weighted by Gasteiger charge is -2.06. The molecule has 1 atom stereocenters. The van der Waals surface area contributed by atoms with Gasteiger partial charge >= 0.3 is 0 Å². The van der Waals surface area contributed by atoms with E-state index in [1.165, 1.54) is 0 Å². The predicted octanol–water partition coefficient (Wildman–Crippen LogP) is 1.08. The van der Waals surface area contributed by atoms with Crippen molar-refractivity contribution in [2.45, 2.75) is 13.3 Å². The van der Waals surface area contributed by atoms with Crippen LogP contribution in [0.15, 0.2) is 23.1 Å². The second-order valence-electron chi connectivity index (χ2n) is 2.46. The highest BCUT2D eigenvalue weighted by molar-refractivity contribution is 7.77. The Kier molecular flexibility index (Phi) is 2.27. The molecule has 0 saturated carbocycles. The Labute approximate surface area is 62.2 Å². The number of allylic oxidation sites excluding steroid dienone is 3. The highest BCUT2D eigenvalue weighted by Crippen LogP contribution is 2.15. The van der Waals surface area contributed by atoms with E-state index < -0.39 is 10.7 Å². The first-order chi connectivity index (χ1) is 4.70. The molecule has 0 aliphatic heterocycles. The fourth-order valence-corrected chi connectivity index (χ4v) is 1.31. The van der Waals surface area contributed by atoms with Gasteiger partial charge in [0.1, 0.15) is 0 Å². The molecule has 0 saturated heterocycles. The zero-order valence-corrected chi connectivity index (χ0v) is 6.67. The minimum Gasteiger partial charge on any atom is -0.227 e. The van der Waals surface area contributed by atoms with Gasteiger partial charge in [0.05, 0.1) is 4.91 Å². The molecule has 0 aromatic rings. The van der Waals surface area contributed by atoms with Crippen molar-refractivity contribution in [3.63, 3.8) is 0 Å². The molecule has 0 aromatic heterocycles. The summed E-state index contributed by atoms with van der Waals surface area (Å²) in [6.07, 6.45) is 6.19. The van der Waals surface area contributed by atoms with E-state index in [1.807, 2.05) is 6.08 Å². The zero-order chi connectivity index (χ0) is 7.56. The summed E-state index contributed by atoms with van der Waals surface area (Å²) in [6, 6.07) is 0. The molecule has 3 heteroatoms. The van der Waals surface area contributed by atoms with Gasteiger partial charge in [-0.1, -0.05) is 19.1 Å². The van der Waals surface area contributed by atoms with Crippen LogP contribution in [0.5, 0.6) is 0 Å². The number of rotatable bonds is 1. The van der Waals surface area contributed by atoms with Crippen LogP contribution in [0.1, 0.15) is 13.3 Å². The first kappa shape index (κ1) is 7.54. The minimum atomic E-state index is -2.36. The molecule has 0 spiro atoms. The second-order valence-corrected chi connectivity index (χ2v) is 3.49. The fraction of sp³-hybridized carbons (Fsp3) is 0.429. The Morgan fingerprint density at radius 2 is 2.30 bits per heavy atom. The van der Waals surface area contributed by atoms with Crippen LogP contribution in [0.4, 0.5) is 0 Å². The normalized spacial score (nSPS) is 25.0. The van der Waals surface area contributed by atoms with Crippen molar-refractivity contribution in [3.05, 3.63) is 23.1 Å². The summed E-state index contributed by atoms with van der Waals surface area (Å²) in [5.41, 5.74) is 0. The van der Waals surface area contributed by atoms with Gasteiger partial charge in [0.25, 0.3) is 0 Å². The number of hydrogen-bond acceptors (Lipinski definition) is 2. The summed E-state index contributed by atoms with van der Waals surface area (Å²) >= 11 is 0. The van der Waals surface area contributed by atoms with E-state index in [9.17, 15) is 8.42 Å². The molecule has 1 rings (SSSR count). The largest absolute Gasteiger partial charge is 0.227 e. The van der Waals surface area contributed by atoms with Crippen LogP contribution in [0, 0.1) is 5.92 Å². The smallest absolute Gasteiger partial charge is 0.167 e. The van der Waals surface area contributed by atoms with Crippen molar-refractivity contribution in [1.29, 1.82) is 0 Å². The van der Waals surface area contributed by atoms with E-state index in [0.29, 0.717) is 10.8 Å². The van der Waals surface area contributed by atoms with Gasteiger partial charge in [-0.2, -0.15) is 0 Å². The van der Waals surface area contributed by atoms with Gasteiger partial charge in [0.2, 0.25) is 0 Å². The topological polar surface area (TPSA) is 34.1 Å². The van der Waals surface area contributed by atoms with Crippen molar-refractivity contribution in [1.82, 2.24) is 0 Å². The molecule has 2 nitrogen and oxygen atoms in total. The second kappa shape index (κ2) is 3.01. The molecule has 0 N–H and O–H groups in total. The van der Waals surface area contributed by atoms with E-state index >= 15 is 0 Å². The van der Waals surface area contributed by atoms with Gasteiger partial charge in [-0.25, -0.2) is 8.42 Å². The van der Waals surface area contributed by atoms with Crippen molar-refractivity contribution < 1.29 is 8.42 Å². The Hall–Kier alpha value is -0.570. The predicted molar refractivity (Wildman–Crippen MR) is 41.3 cm³/mol. The highest BCUT2D eigenvalue weighted by atomic mass is 32.2. The maximum Gasteiger partial charge on any atom is 0.167 e. The molecule has 56 valence electrons. The van der Waals surface area contributed by atoms with Crippen molar-refractivity contribution in [2.24, 2.45) is 5.92 Å². The molecule has 0 aromatic carbocycles. The molecule has 0 radical (unpaired) electrons. The molecule has 0 fully saturated rings. The average molecular weight is 158 g/mol. The van der Waals surface area contributed by atoms with Crippen LogP contribution in [-0.2, 0) is 10.7 Å². The van der Waals surface area contributed by atoms with Gasteiger partial charge in [-0.05, 0) is 18.4 Å². The van der Waals surface area contributed by atoms with Crippen LogP contribution in [0.25, 0.3) is 0 Å². The van der Waals surface area contributed by atoms with E-state index in [1.54, 1.807) is 12.2 Å². The molecule has 0 heterocycles. The van der Waals surface area contributed by atoms with E-state index in [-0.39, 0.29) is 0 Å². The fourth-order valence-electron chi connectivity index (χ4n) is 0.851. The van der Waals surface area contributed by atoms with Crippen LogP contribution < -0.4 is 0 Å². The summed E-state index contributed by atoms with van der Waals surface area (Å²) in [4.78, 5) is 0.452. The quantitative estimate of drug-likeness (QED) is 0.579. The monoisotopic (exact) mass is 158 g/mol. The first-order valence-electron chi connectivity index (χ1n) is 3.23. The molecule has 1 aliphatic carbocycles. The van der Waals surface area contributed by atoms with E-state index in [0.717, 1.165) is 6.42 Å². The van der Waals surface area contributed by atoms with Crippen LogP contribution in [-0.4, -0.2) is 8.42 Å². The number of hydrogen-bond donors (Lipinski definition) is 1. The zero-order valence-electron chi connectivity index (χ0n) is 5.78. The van der Waals surface area contributed by atoms with E-state index in [2.05, 4.69) is 6.92 Å². The van der Waals surface area contributed by atoms with Crippen molar-refractivity contribution in [2.75, 3.05) is 0 Å². The van der Waals surface area contributed by atoms with Gasteiger partial charge in [-0.3, -0.25) is 0 Å². The molecule has 0 amide bonds. The molecule has 10 heavy (non-hydrogen) atoms. The minimum absolute atomic E-state index is 0.452. The van der Waals surface area contributed by atoms with Crippen LogP contribution >= 0.6 is 0 Å². The molecular formula is C7H10O2S. The lowest BCUT2D eigenvalue weighted by Crippen LogP contribution is -1.94. The van der Waals surface area contributed by atoms with Gasteiger partial charge < -0.3 is 0 Å². The summed E-state index contributed by atoms with van der Waals surface area (Å²) in [7, 11) is -2.36. The standard InChI is InChI=1S/C7H10O2S/c1-6-2-4-7(5-3-6)10(8)9/h2,4-6,10H,3H2,1H3. The third-order valence-corrected chi connectivity index (χ3v) is 2.26. The lowest BCUT2D eigenvalue weighted by molar-refractivity contribution is 0.619. The highest BCUT2D eigenvalue weighted by Gasteiger charge is 2.03. The van der Waals surface area contributed by atoms with Gasteiger partial charge in [0.15, 0.2) is 10.7 Å². The molecule has 1 aliphatic rings. The summed E-state index contributed by atoms with van der Waals surface area (Å²) in [6.45, 7) is 2.06. The van der Waals surface area contributed by atoms with Crippen molar-refractivity contribution in [3.8, 4) is 0 Å². The Morgan fingerprint density at radius 3 is 2.70 bits per heavy atom. The first-order valence-corrected chi connectivity index (χ1v) is 4.40. The Morgan fingerprint density at radius 1 is 1.60 bits per heavy atom. The molecule has 0 bridgehead atoms. The van der Waals surface area contributed by atoms with Gasteiger partial charge in [0, 0.05) is 0 Å². The van der Waals surface area contributed by atoms with E-state index in [4.69, 9.17) is 0 Å². The summed E-state index contributed by atoms with van der Waals surface area (Å²) in [5, 5.41) is 0. The molecule has 1 unspecified atom stereocenters. The number of thiol groups is 1. The Bertz CT molecular complexity index is 240. The SMILES string of the molecule is CC1C=CC([SH](=O)=O)=CC1. The third-order valence-electron chi connectivity index (χ3n) is 1.51. The maximum atomic E-state index is 10.4. The van der Waals surface area contributed by atoms with Crippen LogP contribution in [0.2, 0.25) is 0 Å². The lowest BCUT2D eigenvalue weighted by atomic mass is 10.0. The average Bonchev–Trinajstić information content (AvgIpc) is 1.88. The third kappa shape index (κ3) is 1.70. The van der Waals surface area contributed by atoms with Crippen molar-refractivity contribution >= 4 is 10.7 Å². The van der Waals surface area contributed by atoms with Crippen LogP contribution in [0.3, 0.4) is 0 Å². The summed E-state index contributed by atoms with van der Waals surface area (Å²) < 4.78 is 20.8. The molecular weight excluding hydrogens is 148 g/mol. The summed E-state index contributed by atoms with van der Waals surface area (Å²) in [5.74, 6) is 0.485. The Balaban J connectivity index is 2.77.